The first kappa shape index (κ1) is 20.5. The lowest BCUT2D eigenvalue weighted by atomic mass is 9.99. The third kappa shape index (κ3) is 4.96. The first-order valence-electron chi connectivity index (χ1n) is 10.2. The third-order valence-corrected chi connectivity index (χ3v) is 5.78. The maximum atomic E-state index is 5.78. The molecule has 5 heteroatoms. The van der Waals surface area contributed by atoms with E-state index in [2.05, 4.69) is 65.4 Å². The summed E-state index contributed by atoms with van der Waals surface area (Å²) in [6.07, 6.45) is 1.15. The van der Waals surface area contributed by atoms with Gasteiger partial charge in [0.15, 0.2) is 5.11 Å². The molecular formula is C23H31N3OS. The fourth-order valence-corrected chi connectivity index (χ4v) is 3.78. The molecule has 28 heavy (non-hydrogen) atoms. The normalized spacial score (nSPS) is 15.2. The van der Waals surface area contributed by atoms with Crippen LogP contribution in [0.3, 0.4) is 0 Å². The van der Waals surface area contributed by atoms with Crippen molar-refractivity contribution in [2.45, 2.75) is 33.1 Å². The van der Waals surface area contributed by atoms with Gasteiger partial charge in [-0.3, -0.25) is 0 Å². The van der Waals surface area contributed by atoms with Gasteiger partial charge in [0.2, 0.25) is 0 Å². The largest absolute Gasteiger partial charge is 0.492 e. The van der Waals surface area contributed by atoms with Crippen LogP contribution in [0.25, 0.3) is 0 Å². The van der Waals surface area contributed by atoms with Crippen molar-refractivity contribution >= 4 is 28.7 Å². The number of benzene rings is 2. The van der Waals surface area contributed by atoms with E-state index >= 15 is 0 Å². The van der Waals surface area contributed by atoms with Crippen LogP contribution < -0.4 is 15.0 Å². The Bertz CT molecular complexity index is 770. The Morgan fingerprint density at radius 1 is 1.04 bits per heavy atom. The predicted octanol–water partition coefficient (Wildman–Crippen LogP) is 5.12. The molecule has 4 nitrogen and oxygen atoms in total. The van der Waals surface area contributed by atoms with Crippen LogP contribution in [0.15, 0.2) is 48.5 Å². The monoisotopic (exact) mass is 397 g/mol. The fraction of sp³-hybridized carbons (Fsp3) is 0.435. The Hall–Kier alpha value is -2.27. The highest BCUT2D eigenvalue weighted by Crippen LogP contribution is 2.29. The minimum atomic E-state index is 0.591. The Kier molecular flexibility index (Phi) is 7.15. The summed E-state index contributed by atoms with van der Waals surface area (Å²) < 4.78 is 5.78. The molecule has 1 aliphatic heterocycles. The summed E-state index contributed by atoms with van der Waals surface area (Å²) in [6.45, 7) is 10.8. The topological polar surface area (TPSA) is 27.7 Å². The molecular weight excluding hydrogens is 366 g/mol. The highest BCUT2D eigenvalue weighted by Gasteiger charge is 2.21. The number of ether oxygens (including phenoxy) is 1. The van der Waals surface area contributed by atoms with Crippen LogP contribution in [0, 0.1) is 0 Å². The number of hydrogen-bond acceptors (Lipinski definition) is 3. The fourth-order valence-electron chi connectivity index (χ4n) is 3.48. The summed E-state index contributed by atoms with van der Waals surface area (Å²) in [6, 6.07) is 16.9. The summed E-state index contributed by atoms with van der Waals surface area (Å²) in [5.41, 5.74) is 3.60. The SMILES string of the molecule is CCOc1ccccc1N1CCN(C(=S)Nc2ccc(C(C)CC)cc2)CC1. The maximum Gasteiger partial charge on any atom is 0.173 e. The van der Waals surface area contributed by atoms with Crippen molar-refractivity contribution in [3.63, 3.8) is 0 Å². The van der Waals surface area contributed by atoms with Crippen LogP contribution in [-0.4, -0.2) is 42.8 Å². The molecule has 2 aromatic rings. The maximum absolute atomic E-state index is 5.78. The summed E-state index contributed by atoms with van der Waals surface area (Å²) in [5, 5.41) is 4.20. The molecule has 0 radical (unpaired) electrons. The molecule has 1 unspecified atom stereocenters. The van der Waals surface area contributed by atoms with E-state index in [1.165, 1.54) is 11.3 Å². The molecule has 1 N–H and O–H groups in total. The quantitative estimate of drug-likeness (QED) is 0.683. The van der Waals surface area contributed by atoms with E-state index in [9.17, 15) is 0 Å². The van der Waals surface area contributed by atoms with Crippen LogP contribution in [0.4, 0.5) is 11.4 Å². The molecule has 0 aromatic heterocycles. The van der Waals surface area contributed by atoms with Crippen LogP contribution in [0.1, 0.15) is 38.7 Å². The highest BCUT2D eigenvalue weighted by molar-refractivity contribution is 7.80. The van der Waals surface area contributed by atoms with Crippen molar-refractivity contribution in [2.75, 3.05) is 43.0 Å². The van der Waals surface area contributed by atoms with Crippen molar-refractivity contribution in [2.24, 2.45) is 0 Å². The van der Waals surface area contributed by atoms with Gasteiger partial charge in [0.05, 0.1) is 12.3 Å². The van der Waals surface area contributed by atoms with Crippen molar-refractivity contribution in [1.82, 2.24) is 4.90 Å². The first-order chi connectivity index (χ1) is 13.6. The molecule has 1 aliphatic rings. The summed E-state index contributed by atoms with van der Waals surface area (Å²) in [5.74, 6) is 1.55. The molecule has 2 aromatic carbocycles. The van der Waals surface area contributed by atoms with E-state index in [1.54, 1.807) is 0 Å². The van der Waals surface area contributed by atoms with E-state index < -0.39 is 0 Å². The average Bonchev–Trinajstić information content (AvgIpc) is 2.74. The van der Waals surface area contributed by atoms with E-state index in [4.69, 9.17) is 17.0 Å². The van der Waals surface area contributed by atoms with Gasteiger partial charge in [0.25, 0.3) is 0 Å². The van der Waals surface area contributed by atoms with Crippen molar-refractivity contribution < 1.29 is 4.74 Å². The summed E-state index contributed by atoms with van der Waals surface area (Å²) in [4.78, 5) is 4.63. The molecule has 1 fully saturated rings. The van der Waals surface area contributed by atoms with E-state index in [-0.39, 0.29) is 0 Å². The number of piperazine rings is 1. The molecule has 1 atom stereocenters. The number of anilines is 2. The predicted molar refractivity (Wildman–Crippen MR) is 123 cm³/mol. The Labute approximate surface area is 174 Å². The van der Waals surface area contributed by atoms with E-state index in [0.29, 0.717) is 12.5 Å². The van der Waals surface area contributed by atoms with Crippen LogP contribution in [-0.2, 0) is 0 Å². The van der Waals surface area contributed by atoms with Gasteiger partial charge >= 0.3 is 0 Å². The number of rotatable bonds is 6. The first-order valence-corrected chi connectivity index (χ1v) is 10.7. The van der Waals surface area contributed by atoms with Gasteiger partial charge in [-0.25, -0.2) is 0 Å². The van der Waals surface area contributed by atoms with Crippen LogP contribution >= 0.6 is 12.2 Å². The van der Waals surface area contributed by atoms with E-state index in [0.717, 1.165) is 49.1 Å². The van der Waals surface area contributed by atoms with Crippen LogP contribution in [0.2, 0.25) is 0 Å². The van der Waals surface area contributed by atoms with Gasteiger partial charge in [-0.2, -0.15) is 0 Å². The molecule has 0 aliphatic carbocycles. The van der Waals surface area contributed by atoms with Gasteiger partial charge in [-0.05, 0) is 61.3 Å². The molecule has 0 spiro atoms. The molecule has 0 amide bonds. The van der Waals surface area contributed by atoms with Gasteiger partial charge in [-0.15, -0.1) is 0 Å². The smallest absolute Gasteiger partial charge is 0.173 e. The van der Waals surface area contributed by atoms with Gasteiger partial charge in [-0.1, -0.05) is 38.1 Å². The molecule has 1 saturated heterocycles. The Morgan fingerprint density at radius 3 is 2.36 bits per heavy atom. The lowest BCUT2D eigenvalue weighted by Gasteiger charge is -2.38. The zero-order chi connectivity index (χ0) is 19.9. The lowest BCUT2D eigenvalue weighted by Crippen LogP contribution is -2.50. The van der Waals surface area contributed by atoms with Crippen LogP contribution in [0.5, 0.6) is 5.75 Å². The zero-order valence-corrected chi connectivity index (χ0v) is 18.0. The lowest BCUT2D eigenvalue weighted by molar-refractivity contribution is 0.336. The minimum Gasteiger partial charge on any atom is -0.492 e. The molecule has 3 rings (SSSR count). The Balaban J connectivity index is 1.55. The standard InChI is InChI=1S/C23H31N3OS/c1-4-18(3)19-10-12-20(13-11-19)24-23(28)26-16-14-25(15-17-26)21-8-6-7-9-22(21)27-5-2/h6-13,18H,4-5,14-17H2,1-3H3,(H,24,28). The molecule has 0 bridgehead atoms. The second-order valence-electron chi connectivity index (χ2n) is 7.24. The average molecular weight is 398 g/mol. The number of nitrogens with one attached hydrogen (secondary N) is 1. The number of nitrogens with zero attached hydrogens (tertiary/aromatic N) is 2. The van der Waals surface area contributed by atoms with Crippen molar-refractivity contribution in [3.8, 4) is 5.75 Å². The molecule has 0 saturated carbocycles. The number of para-hydroxylation sites is 2. The Morgan fingerprint density at radius 2 is 1.71 bits per heavy atom. The number of thiocarbonyl (C=S) groups is 1. The number of hydrogen-bond donors (Lipinski definition) is 1. The van der Waals surface area contributed by atoms with Gasteiger partial charge < -0.3 is 19.9 Å². The van der Waals surface area contributed by atoms with E-state index in [1.807, 2.05) is 19.1 Å². The summed E-state index contributed by atoms with van der Waals surface area (Å²) in [7, 11) is 0. The molecule has 1 heterocycles. The second-order valence-corrected chi connectivity index (χ2v) is 7.62. The molecule has 150 valence electrons. The van der Waals surface area contributed by atoms with Gasteiger partial charge in [0, 0.05) is 31.9 Å². The third-order valence-electron chi connectivity index (χ3n) is 5.42. The second kappa shape index (κ2) is 9.78. The zero-order valence-electron chi connectivity index (χ0n) is 17.1. The highest BCUT2D eigenvalue weighted by atomic mass is 32.1. The minimum absolute atomic E-state index is 0.591. The summed E-state index contributed by atoms with van der Waals surface area (Å²) >= 11 is 5.66. The van der Waals surface area contributed by atoms with Crippen molar-refractivity contribution in [1.29, 1.82) is 0 Å². The van der Waals surface area contributed by atoms with Gasteiger partial charge in [0.1, 0.15) is 5.75 Å². The van der Waals surface area contributed by atoms with Crippen molar-refractivity contribution in [3.05, 3.63) is 54.1 Å².